The van der Waals surface area contributed by atoms with Gasteiger partial charge in [-0.3, -0.25) is 0 Å². The lowest BCUT2D eigenvalue weighted by molar-refractivity contribution is 0.450. The predicted molar refractivity (Wildman–Crippen MR) is 73.8 cm³/mol. The lowest BCUT2D eigenvalue weighted by Crippen LogP contribution is -2.39. The van der Waals surface area contributed by atoms with E-state index in [1.807, 2.05) is 6.07 Å². The van der Waals surface area contributed by atoms with Crippen LogP contribution in [0.15, 0.2) is 22.7 Å². The lowest BCUT2D eigenvalue weighted by Gasteiger charge is -2.37. The summed E-state index contributed by atoms with van der Waals surface area (Å²) in [6, 6.07) is 6.87. The Morgan fingerprint density at radius 3 is 2.94 bits per heavy atom. The number of halogens is 1. The largest absolute Gasteiger partial charge is 0.397 e. The van der Waals surface area contributed by atoms with Crippen molar-refractivity contribution in [3.63, 3.8) is 0 Å². The lowest BCUT2D eigenvalue weighted by atomic mass is 9.99. The van der Waals surface area contributed by atoms with Gasteiger partial charge in [-0.1, -0.05) is 22.9 Å². The smallest absolute Gasteiger partial charge is 0.0603 e. The monoisotopic (exact) mass is 282 g/mol. The van der Waals surface area contributed by atoms with E-state index < -0.39 is 0 Å². The molecule has 1 aromatic carbocycles. The Bertz CT molecular complexity index is 365. The summed E-state index contributed by atoms with van der Waals surface area (Å²) in [5.74, 6) is 0. The van der Waals surface area contributed by atoms with Gasteiger partial charge >= 0.3 is 0 Å². The van der Waals surface area contributed by atoms with Crippen LogP contribution in [0.2, 0.25) is 0 Å². The number of benzene rings is 1. The second kappa shape index (κ2) is 5.09. The van der Waals surface area contributed by atoms with Crippen molar-refractivity contribution in [2.75, 3.05) is 17.2 Å². The van der Waals surface area contributed by atoms with Gasteiger partial charge in [-0.2, -0.15) is 0 Å². The van der Waals surface area contributed by atoms with Gasteiger partial charge in [-0.05, 0) is 43.9 Å². The van der Waals surface area contributed by atoms with Crippen molar-refractivity contribution in [1.29, 1.82) is 0 Å². The van der Waals surface area contributed by atoms with Crippen LogP contribution in [0.5, 0.6) is 0 Å². The molecule has 3 heteroatoms. The number of rotatable bonds is 2. The van der Waals surface area contributed by atoms with Crippen molar-refractivity contribution >= 4 is 27.3 Å². The highest BCUT2D eigenvalue weighted by Gasteiger charge is 2.22. The summed E-state index contributed by atoms with van der Waals surface area (Å²) in [7, 11) is 0. The molecular formula is C13H19BrN2. The topological polar surface area (TPSA) is 29.3 Å². The van der Waals surface area contributed by atoms with E-state index in [0.717, 1.165) is 16.7 Å². The molecule has 0 amide bonds. The molecular weight excluding hydrogens is 264 g/mol. The van der Waals surface area contributed by atoms with Gasteiger partial charge in [-0.15, -0.1) is 0 Å². The average Bonchev–Trinajstić information content (AvgIpc) is 2.29. The second-order valence-electron chi connectivity index (χ2n) is 4.45. The van der Waals surface area contributed by atoms with E-state index >= 15 is 0 Å². The Hall–Kier alpha value is -0.700. The van der Waals surface area contributed by atoms with Crippen molar-refractivity contribution in [3.8, 4) is 0 Å². The van der Waals surface area contributed by atoms with E-state index in [1.54, 1.807) is 0 Å². The van der Waals surface area contributed by atoms with E-state index in [-0.39, 0.29) is 0 Å². The van der Waals surface area contributed by atoms with Crippen molar-refractivity contribution in [2.24, 2.45) is 0 Å². The summed E-state index contributed by atoms with van der Waals surface area (Å²) in [6.45, 7) is 3.41. The Morgan fingerprint density at radius 1 is 1.44 bits per heavy atom. The fraction of sp³-hybridized carbons (Fsp3) is 0.538. The minimum Gasteiger partial charge on any atom is -0.397 e. The number of hydrogen-bond acceptors (Lipinski definition) is 2. The molecule has 16 heavy (non-hydrogen) atoms. The molecule has 1 aromatic rings. The molecule has 0 spiro atoms. The van der Waals surface area contributed by atoms with Gasteiger partial charge < -0.3 is 10.6 Å². The van der Waals surface area contributed by atoms with Crippen molar-refractivity contribution in [3.05, 3.63) is 22.7 Å². The standard InChI is InChI=1S/C13H19BrN2/c1-2-11-5-3-4-8-16(11)13-7-6-10(14)9-12(13)15/h6-7,9,11H,2-5,8,15H2,1H3. The predicted octanol–water partition coefficient (Wildman–Crippen LogP) is 3.80. The SMILES string of the molecule is CCC1CCCCN1c1ccc(Br)cc1N. The number of nitrogens with two attached hydrogens (primary N) is 1. The van der Waals surface area contributed by atoms with Crippen LogP contribution in [0, 0.1) is 0 Å². The van der Waals surface area contributed by atoms with Gasteiger partial charge in [0.2, 0.25) is 0 Å². The van der Waals surface area contributed by atoms with E-state index in [1.165, 1.54) is 31.4 Å². The number of nitrogen functional groups attached to an aromatic ring is 1. The average molecular weight is 283 g/mol. The third-order valence-corrected chi connectivity index (χ3v) is 3.89. The fourth-order valence-corrected chi connectivity index (χ4v) is 2.91. The number of hydrogen-bond donors (Lipinski definition) is 1. The molecule has 1 heterocycles. The van der Waals surface area contributed by atoms with Crippen molar-refractivity contribution < 1.29 is 0 Å². The molecule has 0 radical (unpaired) electrons. The number of nitrogens with zero attached hydrogens (tertiary/aromatic N) is 1. The molecule has 2 rings (SSSR count). The maximum Gasteiger partial charge on any atom is 0.0603 e. The molecule has 1 saturated heterocycles. The van der Waals surface area contributed by atoms with Crippen LogP contribution >= 0.6 is 15.9 Å². The molecule has 0 saturated carbocycles. The molecule has 1 atom stereocenters. The van der Waals surface area contributed by atoms with Gasteiger partial charge in [0.1, 0.15) is 0 Å². The third kappa shape index (κ3) is 2.34. The van der Waals surface area contributed by atoms with E-state index in [9.17, 15) is 0 Å². The zero-order valence-corrected chi connectivity index (χ0v) is 11.3. The molecule has 2 N–H and O–H groups in total. The summed E-state index contributed by atoms with van der Waals surface area (Å²) in [5, 5.41) is 0. The minimum absolute atomic E-state index is 0.664. The highest BCUT2D eigenvalue weighted by molar-refractivity contribution is 9.10. The molecule has 0 aliphatic carbocycles. The first-order chi connectivity index (χ1) is 7.72. The maximum absolute atomic E-state index is 6.10. The van der Waals surface area contributed by atoms with Gasteiger partial charge in [0.05, 0.1) is 11.4 Å². The highest BCUT2D eigenvalue weighted by Crippen LogP contribution is 2.32. The zero-order chi connectivity index (χ0) is 11.5. The number of anilines is 2. The maximum atomic E-state index is 6.10. The van der Waals surface area contributed by atoms with Crippen LogP contribution in [0.4, 0.5) is 11.4 Å². The first-order valence-corrected chi connectivity index (χ1v) is 6.83. The van der Waals surface area contributed by atoms with Crippen LogP contribution in [0.25, 0.3) is 0 Å². The Kier molecular flexibility index (Phi) is 3.74. The Labute approximate surface area is 106 Å². The quantitative estimate of drug-likeness (QED) is 0.836. The summed E-state index contributed by atoms with van der Waals surface area (Å²) < 4.78 is 1.05. The molecule has 1 unspecified atom stereocenters. The minimum atomic E-state index is 0.664. The molecule has 2 nitrogen and oxygen atoms in total. The van der Waals surface area contributed by atoms with E-state index in [2.05, 4.69) is 39.9 Å². The molecule has 0 bridgehead atoms. The van der Waals surface area contributed by atoms with Crippen LogP contribution in [-0.2, 0) is 0 Å². The van der Waals surface area contributed by atoms with Crippen LogP contribution in [-0.4, -0.2) is 12.6 Å². The molecule has 1 fully saturated rings. The van der Waals surface area contributed by atoms with Crippen molar-refractivity contribution in [1.82, 2.24) is 0 Å². The van der Waals surface area contributed by atoms with E-state index in [4.69, 9.17) is 5.73 Å². The Morgan fingerprint density at radius 2 is 2.25 bits per heavy atom. The second-order valence-corrected chi connectivity index (χ2v) is 5.37. The fourth-order valence-electron chi connectivity index (χ4n) is 2.53. The molecule has 1 aliphatic heterocycles. The summed E-state index contributed by atoms with van der Waals surface area (Å²) in [4.78, 5) is 2.48. The molecule has 88 valence electrons. The number of piperidine rings is 1. The Balaban J connectivity index is 2.27. The van der Waals surface area contributed by atoms with Gasteiger partial charge in [0.15, 0.2) is 0 Å². The highest BCUT2D eigenvalue weighted by atomic mass is 79.9. The zero-order valence-electron chi connectivity index (χ0n) is 9.75. The van der Waals surface area contributed by atoms with Gasteiger partial charge in [0.25, 0.3) is 0 Å². The van der Waals surface area contributed by atoms with E-state index in [0.29, 0.717) is 6.04 Å². The third-order valence-electron chi connectivity index (χ3n) is 3.40. The summed E-state index contributed by atoms with van der Waals surface area (Å²) in [6.07, 6.45) is 5.14. The van der Waals surface area contributed by atoms with Crippen molar-refractivity contribution in [2.45, 2.75) is 38.6 Å². The first kappa shape index (κ1) is 11.8. The van der Waals surface area contributed by atoms with Crippen LogP contribution < -0.4 is 10.6 Å². The summed E-state index contributed by atoms with van der Waals surface area (Å²) in [5.41, 5.74) is 8.18. The summed E-state index contributed by atoms with van der Waals surface area (Å²) >= 11 is 3.45. The van der Waals surface area contributed by atoms with Crippen LogP contribution in [0.1, 0.15) is 32.6 Å². The first-order valence-electron chi connectivity index (χ1n) is 6.04. The molecule has 1 aliphatic rings. The normalized spacial score (nSPS) is 21.1. The van der Waals surface area contributed by atoms with Gasteiger partial charge in [-0.25, -0.2) is 0 Å². The van der Waals surface area contributed by atoms with Crippen LogP contribution in [0.3, 0.4) is 0 Å². The van der Waals surface area contributed by atoms with Gasteiger partial charge in [0, 0.05) is 17.1 Å². The molecule has 0 aromatic heterocycles.